The fraction of sp³-hybridized carbons (Fsp3) is 1.00. The molecular weight excluding hydrogens is 282 g/mol. The summed E-state index contributed by atoms with van der Waals surface area (Å²) in [7, 11) is -9.03. The van der Waals surface area contributed by atoms with Crippen LogP contribution in [0.3, 0.4) is 0 Å². The number of hydrogen-bond acceptors (Lipinski definition) is 4. The van der Waals surface area contributed by atoms with Gasteiger partial charge in [0, 0.05) is 6.16 Å². The van der Waals surface area contributed by atoms with E-state index >= 15 is 0 Å². The molecule has 0 fully saturated rings. The summed E-state index contributed by atoms with van der Waals surface area (Å²) in [5.74, 6) is 0. The molecule has 2 unspecified atom stereocenters. The van der Waals surface area contributed by atoms with Crippen LogP contribution in [-0.4, -0.2) is 37.4 Å². The molecule has 16 heavy (non-hydrogen) atoms. The standard InChI is InChI=1S/C5H12BF2O5P3/c1-4-15(6,10)13-16(11,12)5(7,8)14(2,3)9/h4H2,1-3H3,(H,11,12). The zero-order valence-corrected chi connectivity index (χ0v) is 11.6. The monoisotopic (exact) mass is 294 g/mol. The summed E-state index contributed by atoms with van der Waals surface area (Å²) in [6.07, 6.45) is -0.384. The van der Waals surface area contributed by atoms with E-state index in [0.717, 1.165) is 0 Å². The van der Waals surface area contributed by atoms with Crippen LogP contribution in [-0.2, 0) is 18.0 Å². The predicted molar refractivity (Wildman–Crippen MR) is 59.2 cm³/mol. The first-order valence-electron chi connectivity index (χ1n) is 4.11. The smallest absolute Gasteiger partial charge is 0.320 e. The van der Waals surface area contributed by atoms with Gasteiger partial charge in [0.1, 0.15) is 0 Å². The van der Waals surface area contributed by atoms with Crippen LogP contribution in [0.25, 0.3) is 0 Å². The molecule has 0 aliphatic rings. The minimum atomic E-state index is -5.64. The van der Waals surface area contributed by atoms with Crippen molar-refractivity contribution in [2.75, 3.05) is 19.5 Å². The van der Waals surface area contributed by atoms with E-state index in [1.165, 1.54) is 6.92 Å². The Bertz CT molecular complexity index is 405. The second-order valence-electron chi connectivity index (χ2n) is 3.50. The van der Waals surface area contributed by atoms with Crippen LogP contribution in [0.2, 0.25) is 0 Å². The number of halogens is 2. The van der Waals surface area contributed by atoms with E-state index in [-0.39, 0.29) is 6.16 Å². The molecule has 2 radical (unpaired) electrons. The van der Waals surface area contributed by atoms with E-state index in [9.17, 15) is 22.5 Å². The highest BCUT2D eigenvalue weighted by Gasteiger charge is 2.61. The molecule has 0 aromatic carbocycles. The summed E-state index contributed by atoms with van der Waals surface area (Å²) < 4.78 is 64.0. The van der Waals surface area contributed by atoms with Crippen molar-refractivity contribution in [1.29, 1.82) is 0 Å². The molecule has 0 aromatic heterocycles. The van der Waals surface area contributed by atoms with E-state index in [1.54, 1.807) is 0 Å². The zero-order valence-electron chi connectivity index (χ0n) is 8.96. The second-order valence-corrected chi connectivity index (χ2v) is 11.5. The van der Waals surface area contributed by atoms with Crippen LogP contribution in [0.4, 0.5) is 8.78 Å². The van der Waals surface area contributed by atoms with Crippen LogP contribution in [0.15, 0.2) is 0 Å². The molecular formula is C5H12BF2O5P3. The number of alkyl halides is 2. The van der Waals surface area contributed by atoms with E-state index in [1.807, 2.05) is 0 Å². The highest BCUT2D eigenvalue weighted by molar-refractivity contribution is 7.89. The van der Waals surface area contributed by atoms with E-state index in [0.29, 0.717) is 13.3 Å². The molecule has 0 spiro atoms. The maximum Gasteiger partial charge on any atom is 0.409 e. The molecule has 0 rings (SSSR count). The molecule has 0 aromatic rings. The van der Waals surface area contributed by atoms with Crippen LogP contribution in [0, 0.1) is 0 Å². The fourth-order valence-corrected chi connectivity index (χ4v) is 5.72. The van der Waals surface area contributed by atoms with Gasteiger partial charge in [-0.05, 0) is 13.3 Å². The lowest BCUT2D eigenvalue weighted by Crippen LogP contribution is -2.17. The normalized spacial score (nSPS) is 21.1. The predicted octanol–water partition coefficient (Wildman–Crippen LogP) is 2.74. The van der Waals surface area contributed by atoms with Crippen LogP contribution in [0.1, 0.15) is 6.92 Å². The molecule has 2 atom stereocenters. The van der Waals surface area contributed by atoms with Crippen molar-refractivity contribution < 1.29 is 31.7 Å². The van der Waals surface area contributed by atoms with Crippen molar-refractivity contribution >= 4 is 29.6 Å². The first-order chi connectivity index (χ1) is 6.77. The molecule has 0 saturated heterocycles. The maximum atomic E-state index is 13.3. The third-order valence-electron chi connectivity index (χ3n) is 1.68. The lowest BCUT2D eigenvalue weighted by atomic mass is 10.8. The van der Waals surface area contributed by atoms with Gasteiger partial charge in [0.25, 0.3) is 0 Å². The fourth-order valence-electron chi connectivity index (χ4n) is 0.599. The summed E-state index contributed by atoms with van der Waals surface area (Å²) in [6.45, 7) is 2.51. The summed E-state index contributed by atoms with van der Waals surface area (Å²) >= 11 is 0. The van der Waals surface area contributed by atoms with Gasteiger partial charge in [-0.15, -0.1) is 0 Å². The van der Waals surface area contributed by atoms with Gasteiger partial charge in [0.15, 0.2) is 14.4 Å². The lowest BCUT2D eigenvalue weighted by Gasteiger charge is -2.27. The van der Waals surface area contributed by atoms with E-state index in [2.05, 4.69) is 4.31 Å². The van der Waals surface area contributed by atoms with Gasteiger partial charge in [-0.3, -0.25) is 8.88 Å². The Balaban J connectivity index is 5.32. The van der Waals surface area contributed by atoms with Gasteiger partial charge in [-0.1, -0.05) is 6.92 Å². The van der Waals surface area contributed by atoms with Crippen molar-refractivity contribution in [3.8, 4) is 0 Å². The Morgan fingerprint density at radius 3 is 1.94 bits per heavy atom. The number of hydrogen-bond donors (Lipinski definition) is 1. The largest absolute Gasteiger partial charge is 0.409 e. The summed E-state index contributed by atoms with van der Waals surface area (Å²) in [4.78, 5) is 9.00. The highest BCUT2D eigenvalue weighted by atomic mass is 31.3. The van der Waals surface area contributed by atoms with Crippen LogP contribution < -0.4 is 0 Å². The molecule has 0 heterocycles. The Morgan fingerprint density at radius 2 is 1.69 bits per heavy atom. The topological polar surface area (TPSA) is 80.7 Å². The Morgan fingerprint density at radius 1 is 1.31 bits per heavy atom. The first-order valence-corrected chi connectivity index (χ1v) is 10.2. The van der Waals surface area contributed by atoms with Gasteiger partial charge in [0.05, 0.1) is 0 Å². The minimum absolute atomic E-state index is 0.384. The third-order valence-corrected chi connectivity index (χ3v) is 8.73. The number of rotatable bonds is 5. The van der Waals surface area contributed by atoms with Gasteiger partial charge in [-0.25, -0.2) is 0 Å². The van der Waals surface area contributed by atoms with Crippen molar-refractivity contribution in [1.82, 2.24) is 0 Å². The average molecular weight is 294 g/mol. The van der Waals surface area contributed by atoms with Gasteiger partial charge in [0.2, 0.25) is 7.57 Å². The van der Waals surface area contributed by atoms with Crippen molar-refractivity contribution in [3.63, 3.8) is 0 Å². The molecule has 94 valence electrons. The van der Waals surface area contributed by atoms with Gasteiger partial charge < -0.3 is 14.0 Å². The summed E-state index contributed by atoms with van der Waals surface area (Å²) in [6, 6.07) is 0. The molecule has 0 aliphatic carbocycles. The first kappa shape index (κ1) is 16.5. The SMILES string of the molecule is [B]P(=O)(CC)OP(=O)(O)C(F)(F)P(C)(C)=O. The molecule has 5 nitrogen and oxygen atoms in total. The van der Waals surface area contributed by atoms with E-state index < -0.39 is 27.4 Å². The molecule has 0 amide bonds. The van der Waals surface area contributed by atoms with Gasteiger partial charge >= 0.3 is 13.0 Å². The average Bonchev–Trinajstić information content (AvgIpc) is 2.00. The van der Waals surface area contributed by atoms with Crippen LogP contribution >= 0.6 is 22.0 Å². The Labute approximate surface area is 93.7 Å². The van der Waals surface area contributed by atoms with Crippen molar-refractivity contribution in [3.05, 3.63) is 0 Å². The molecule has 11 heteroatoms. The zero-order chi connectivity index (χ0) is 13.4. The van der Waals surface area contributed by atoms with Gasteiger partial charge in [-0.2, -0.15) is 8.78 Å². The van der Waals surface area contributed by atoms with E-state index in [4.69, 9.17) is 12.5 Å². The molecule has 0 bridgehead atoms. The molecule has 0 aliphatic heterocycles. The van der Waals surface area contributed by atoms with Crippen molar-refractivity contribution in [2.45, 2.75) is 12.3 Å². The quantitative estimate of drug-likeness (QED) is 0.623. The lowest BCUT2D eigenvalue weighted by molar-refractivity contribution is 0.142. The Kier molecular flexibility index (Phi) is 4.82. The molecule has 1 N–H and O–H groups in total. The highest BCUT2D eigenvalue weighted by Crippen LogP contribution is 2.77. The third kappa shape index (κ3) is 3.51. The maximum absolute atomic E-state index is 13.3. The minimum Gasteiger partial charge on any atom is -0.320 e. The second kappa shape index (κ2) is 4.66. The molecule has 0 saturated carbocycles. The summed E-state index contributed by atoms with van der Waals surface area (Å²) in [5.41, 5.74) is 0. The van der Waals surface area contributed by atoms with Crippen molar-refractivity contribution in [2.24, 2.45) is 0 Å². The van der Waals surface area contributed by atoms with Crippen LogP contribution in [0.5, 0.6) is 0 Å². The summed E-state index contributed by atoms with van der Waals surface area (Å²) in [5, 5.41) is -4.47. The Hall–Kier alpha value is 0.535.